The van der Waals surface area contributed by atoms with Gasteiger partial charge in [0, 0.05) is 17.5 Å². The van der Waals surface area contributed by atoms with Crippen molar-refractivity contribution in [2.75, 3.05) is 0 Å². The Bertz CT molecular complexity index is 930. The first-order valence-electron chi connectivity index (χ1n) is 7.77. The number of hydrogen-bond donors (Lipinski definition) is 0. The van der Waals surface area contributed by atoms with Gasteiger partial charge in [-0.25, -0.2) is 9.67 Å². The van der Waals surface area contributed by atoms with Gasteiger partial charge in [0.15, 0.2) is 4.34 Å². The molecule has 28 heavy (non-hydrogen) atoms. The summed E-state index contributed by atoms with van der Waals surface area (Å²) in [5.41, 5.74) is -3.02. The number of aryl methyl sites for hydroxylation is 1. The molecule has 0 N–H and O–H groups in total. The molecule has 0 spiro atoms. The number of halogens is 6. The Morgan fingerprint density at radius 3 is 2.25 bits per heavy atom. The Morgan fingerprint density at radius 2 is 1.68 bits per heavy atom. The van der Waals surface area contributed by atoms with E-state index in [1.54, 1.807) is 0 Å². The average Bonchev–Trinajstić information content (AvgIpc) is 3.24. The second kappa shape index (κ2) is 7.70. The van der Waals surface area contributed by atoms with Crippen LogP contribution in [0.3, 0.4) is 0 Å². The summed E-state index contributed by atoms with van der Waals surface area (Å²) in [6.07, 6.45) is -9.04. The zero-order chi connectivity index (χ0) is 20.5. The molecule has 0 unspecified atom stereocenters. The van der Waals surface area contributed by atoms with E-state index in [-0.39, 0.29) is 17.3 Å². The summed E-state index contributed by atoms with van der Waals surface area (Å²) in [5.74, 6) is 0. The van der Waals surface area contributed by atoms with Gasteiger partial charge in [0.25, 0.3) is 0 Å². The molecule has 3 aromatic rings. The third-order valence-corrected chi connectivity index (χ3v) is 5.39. The van der Waals surface area contributed by atoms with Gasteiger partial charge in [0.1, 0.15) is 0 Å². The molecule has 5 nitrogen and oxygen atoms in total. The van der Waals surface area contributed by atoms with E-state index in [0.717, 1.165) is 29.5 Å². The number of nitrogens with zero attached hydrogens (tertiary/aromatic N) is 5. The zero-order valence-electron chi connectivity index (χ0n) is 14.0. The van der Waals surface area contributed by atoms with Crippen LogP contribution in [0.1, 0.15) is 24.5 Å². The van der Waals surface area contributed by atoms with Crippen molar-refractivity contribution in [1.82, 2.24) is 25.2 Å². The Morgan fingerprint density at radius 1 is 1.04 bits per heavy atom. The highest BCUT2D eigenvalue weighted by molar-refractivity contribution is 8.00. The fraction of sp³-hybridized carbons (Fsp3) is 0.333. The molecular weight excluding hydrogens is 428 g/mol. The van der Waals surface area contributed by atoms with E-state index in [1.807, 2.05) is 6.92 Å². The third-order valence-electron chi connectivity index (χ3n) is 3.48. The molecule has 0 aliphatic rings. The van der Waals surface area contributed by atoms with Crippen LogP contribution in [0.5, 0.6) is 0 Å². The van der Waals surface area contributed by atoms with Crippen LogP contribution in [-0.2, 0) is 18.9 Å². The van der Waals surface area contributed by atoms with Crippen LogP contribution in [0.25, 0.3) is 11.3 Å². The lowest BCUT2D eigenvalue weighted by molar-refractivity contribution is -0.143. The number of hydrogen-bond acceptors (Lipinski definition) is 6. The zero-order valence-corrected chi connectivity index (χ0v) is 15.7. The summed E-state index contributed by atoms with van der Waals surface area (Å²) >= 11 is 2.16. The molecule has 0 aliphatic heterocycles. The first-order valence-corrected chi connectivity index (χ1v) is 9.47. The minimum Gasteiger partial charge on any atom is -0.229 e. The molecule has 0 amide bonds. The van der Waals surface area contributed by atoms with Crippen molar-refractivity contribution >= 4 is 23.1 Å². The topological polar surface area (TPSA) is 56.5 Å². The minimum atomic E-state index is -4.91. The van der Waals surface area contributed by atoms with Crippen LogP contribution >= 0.6 is 23.1 Å². The van der Waals surface area contributed by atoms with Gasteiger partial charge in [0.05, 0.1) is 16.8 Å². The molecule has 3 rings (SSSR count). The predicted molar refractivity (Wildman–Crippen MR) is 89.8 cm³/mol. The molecule has 0 atom stereocenters. The summed E-state index contributed by atoms with van der Waals surface area (Å²) in [5, 5.41) is 13.0. The lowest BCUT2D eigenvalue weighted by atomic mass is 10.0. The first-order chi connectivity index (χ1) is 13.1. The van der Waals surface area contributed by atoms with Crippen molar-refractivity contribution in [2.45, 2.75) is 41.7 Å². The van der Waals surface area contributed by atoms with Crippen molar-refractivity contribution < 1.29 is 26.3 Å². The number of alkyl halides is 6. The summed E-state index contributed by atoms with van der Waals surface area (Å²) in [6, 6.07) is 1.39. The monoisotopic (exact) mass is 439 g/mol. The molecular formula is C15H11F6N5S2. The Kier molecular flexibility index (Phi) is 5.66. The van der Waals surface area contributed by atoms with Gasteiger partial charge in [-0.3, -0.25) is 0 Å². The molecule has 2 aromatic heterocycles. The SMILES string of the molecule is CCCn1nnnc1Sc1nc(-c2cc(C(F)(F)F)cc(C(F)(F)F)c2)cs1. The van der Waals surface area contributed by atoms with E-state index >= 15 is 0 Å². The molecule has 0 saturated heterocycles. The standard InChI is InChI=1S/C15H11F6N5S2/c1-2-3-26-12(23-24-25-26)28-13-22-11(7-27-13)8-4-9(14(16,17)18)6-10(5-8)15(19,20)21/h4-7H,2-3H2,1H3. The predicted octanol–water partition coefficient (Wildman–Crippen LogP) is 5.40. The first kappa shape index (κ1) is 20.6. The number of rotatable bonds is 5. The summed E-state index contributed by atoms with van der Waals surface area (Å²) in [7, 11) is 0. The maximum absolute atomic E-state index is 13.0. The molecule has 13 heteroatoms. The summed E-state index contributed by atoms with van der Waals surface area (Å²) < 4.78 is 80.0. The van der Waals surface area contributed by atoms with Gasteiger partial charge in [-0.1, -0.05) is 6.92 Å². The maximum atomic E-state index is 13.0. The van der Waals surface area contributed by atoms with Gasteiger partial charge < -0.3 is 0 Å². The van der Waals surface area contributed by atoms with E-state index in [1.165, 1.54) is 10.1 Å². The fourth-order valence-corrected chi connectivity index (χ4v) is 3.96. The van der Waals surface area contributed by atoms with Gasteiger partial charge in [0.2, 0.25) is 5.16 Å². The average molecular weight is 439 g/mol. The lowest BCUT2D eigenvalue weighted by Crippen LogP contribution is -2.11. The summed E-state index contributed by atoms with van der Waals surface area (Å²) in [4.78, 5) is 4.14. The Hall–Kier alpha value is -2.15. The van der Waals surface area contributed by atoms with Gasteiger partial charge in [-0.15, -0.1) is 16.4 Å². The highest BCUT2D eigenvalue weighted by Gasteiger charge is 2.37. The summed E-state index contributed by atoms with van der Waals surface area (Å²) in [6.45, 7) is 2.50. The molecule has 150 valence electrons. The Labute approximate surface area is 162 Å². The van der Waals surface area contributed by atoms with Crippen LogP contribution in [0.4, 0.5) is 26.3 Å². The van der Waals surface area contributed by atoms with Crippen LogP contribution in [-0.4, -0.2) is 25.2 Å². The van der Waals surface area contributed by atoms with Crippen LogP contribution in [0.2, 0.25) is 0 Å². The second-order valence-electron chi connectivity index (χ2n) is 5.58. The van der Waals surface area contributed by atoms with E-state index in [2.05, 4.69) is 20.5 Å². The minimum absolute atomic E-state index is 0.0126. The van der Waals surface area contributed by atoms with Crippen molar-refractivity contribution in [2.24, 2.45) is 0 Å². The van der Waals surface area contributed by atoms with Crippen molar-refractivity contribution in [1.29, 1.82) is 0 Å². The van der Waals surface area contributed by atoms with Gasteiger partial charge in [-0.05, 0) is 46.8 Å². The Balaban J connectivity index is 1.95. The van der Waals surface area contributed by atoms with E-state index in [9.17, 15) is 26.3 Å². The normalized spacial score (nSPS) is 12.5. The number of thiazole rings is 1. The lowest BCUT2D eigenvalue weighted by Gasteiger charge is -2.13. The van der Waals surface area contributed by atoms with E-state index < -0.39 is 23.5 Å². The molecule has 0 radical (unpaired) electrons. The fourth-order valence-electron chi connectivity index (χ4n) is 2.24. The number of tetrazole rings is 1. The van der Waals surface area contributed by atoms with E-state index in [0.29, 0.717) is 28.2 Å². The second-order valence-corrected chi connectivity index (χ2v) is 7.65. The third kappa shape index (κ3) is 4.63. The van der Waals surface area contributed by atoms with Crippen LogP contribution in [0, 0.1) is 0 Å². The molecule has 1 aromatic carbocycles. The van der Waals surface area contributed by atoms with Crippen LogP contribution < -0.4 is 0 Å². The highest BCUT2D eigenvalue weighted by atomic mass is 32.2. The van der Waals surface area contributed by atoms with E-state index in [4.69, 9.17) is 0 Å². The van der Waals surface area contributed by atoms with Gasteiger partial charge in [-0.2, -0.15) is 26.3 Å². The van der Waals surface area contributed by atoms with Crippen molar-refractivity contribution in [3.05, 3.63) is 34.7 Å². The molecule has 2 heterocycles. The molecule has 0 bridgehead atoms. The largest absolute Gasteiger partial charge is 0.416 e. The molecule has 0 saturated carbocycles. The molecule has 0 fully saturated rings. The smallest absolute Gasteiger partial charge is 0.229 e. The molecule has 0 aliphatic carbocycles. The maximum Gasteiger partial charge on any atom is 0.416 e. The number of aromatic nitrogens is 5. The van der Waals surface area contributed by atoms with Crippen molar-refractivity contribution in [3.8, 4) is 11.3 Å². The quantitative estimate of drug-likeness (QED) is 0.499. The number of benzene rings is 1. The van der Waals surface area contributed by atoms with Gasteiger partial charge >= 0.3 is 12.4 Å². The van der Waals surface area contributed by atoms with Crippen molar-refractivity contribution in [3.63, 3.8) is 0 Å². The van der Waals surface area contributed by atoms with Crippen LogP contribution in [0.15, 0.2) is 33.1 Å². The highest BCUT2D eigenvalue weighted by Crippen LogP contribution is 2.39.